The summed E-state index contributed by atoms with van der Waals surface area (Å²) in [6, 6.07) is 33.5. The average molecular weight is 854 g/mol. The maximum Gasteiger partial charge on any atom is 0.347 e. The van der Waals surface area contributed by atoms with Crippen molar-refractivity contribution in [3.05, 3.63) is 157 Å². The van der Waals surface area contributed by atoms with Gasteiger partial charge in [0.05, 0.1) is 6.61 Å². The fraction of sp³-hybridized carbons (Fsp3) is 0.304. The molecule has 292 valence electrons. The molecule has 6 rings (SSSR count). The van der Waals surface area contributed by atoms with Gasteiger partial charge < -0.3 is 23.6 Å². The smallest absolute Gasteiger partial charge is 0.347 e. The lowest BCUT2D eigenvalue weighted by Gasteiger charge is -2.36. The van der Waals surface area contributed by atoms with Gasteiger partial charge in [0.15, 0.2) is 13.9 Å². The highest BCUT2D eigenvalue weighted by Gasteiger charge is 2.37. The molecule has 2 heterocycles. The van der Waals surface area contributed by atoms with Gasteiger partial charge in [-0.3, -0.25) is 0 Å². The number of carbonyl (C=O) groups excluding carboxylic acids is 1. The Morgan fingerprint density at radius 1 is 0.804 bits per heavy atom. The van der Waals surface area contributed by atoms with E-state index < -0.39 is 14.3 Å². The molecule has 0 saturated carbocycles. The summed E-state index contributed by atoms with van der Waals surface area (Å²) >= 11 is 10.8. The lowest BCUT2D eigenvalue weighted by atomic mass is 10.0. The van der Waals surface area contributed by atoms with Crippen LogP contribution in [0.2, 0.25) is 23.3 Å². The molecular formula is C46H50BrClN2O5Si. The topological polar surface area (TPSA) is 82.7 Å². The van der Waals surface area contributed by atoms with Crippen molar-refractivity contribution >= 4 is 52.7 Å². The number of aromatic amines is 1. The molecule has 1 N–H and O–H groups in total. The van der Waals surface area contributed by atoms with Crippen LogP contribution in [0.4, 0.5) is 0 Å². The van der Waals surface area contributed by atoms with E-state index in [9.17, 15) is 4.79 Å². The fourth-order valence-corrected chi connectivity index (χ4v) is 7.91. The summed E-state index contributed by atoms with van der Waals surface area (Å²) in [5, 5.41) is 1.53. The number of ether oxygens (including phenoxy) is 3. The molecule has 7 nitrogen and oxygen atoms in total. The van der Waals surface area contributed by atoms with E-state index in [0.29, 0.717) is 30.8 Å². The maximum atomic E-state index is 14.1. The minimum absolute atomic E-state index is 0.0631. The van der Waals surface area contributed by atoms with E-state index in [-0.39, 0.29) is 41.5 Å². The van der Waals surface area contributed by atoms with E-state index in [1.165, 1.54) is 10.9 Å². The number of benzene rings is 4. The predicted octanol–water partition coefficient (Wildman–Crippen LogP) is 12.5. The third-order valence-electron chi connectivity index (χ3n) is 10.6. The zero-order chi connectivity index (χ0) is 39.9. The number of pyridine rings is 1. The Morgan fingerprint density at radius 3 is 1.96 bits per heavy atom. The number of nitrogens with zero attached hydrogens (tertiary/aromatic N) is 1. The Bertz CT molecular complexity index is 2260. The van der Waals surface area contributed by atoms with Gasteiger partial charge in [-0.2, -0.15) is 0 Å². The Labute approximate surface area is 345 Å². The molecular weight excluding hydrogens is 804 g/mol. The number of aromatic nitrogens is 2. The number of halogens is 2. The van der Waals surface area contributed by atoms with E-state index in [1.54, 1.807) is 0 Å². The second-order valence-corrected chi connectivity index (χ2v) is 21.6. The first kappa shape index (κ1) is 41.2. The van der Waals surface area contributed by atoms with Crippen molar-refractivity contribution in [3.63, 3.8) is 0 Å². The van der Waals surface area contributed by atoms with Crippen LogP contribution >= 0.6 is 27.5 Å². The number of aryl methyl sites for hydroxylation is 2. The first-order chi connectivity index (χ1) is 26.8. The van der Waals surface area contributed by atoms with Crippen LogP contribution < -0.4 is 9.47 Å². The number of fused-ring (bicyclic) bond motifs is 1. The highest BCUT2D eigenvalue weighted by molar-refractivity contribution is 9.10. The number of nitrogens with one attached hydrogen (secondary N) is 1. The standard InChI is InChI=1S/C46H50BrClN2O5Si/c1-31-37-25-35(38(47)26-39(37)49-40(31)30-55-56(5,6)46(2,3)4)23-16-24-36-42(52-27-32-17-10-7-11-18-32)41(45(51)54-29-34-21-14-9-15-22-34)44(50-43(36)48)53-28-33-19-12-8-13-20-33/h7-15,17-22,25-26,49H,16,23-24,27-30H2,1-6H3. The van der Waals surface area contributed by atoms with Crippen molar-refractivity contribution in [1.29, 1.82) is 0 Å². The molecule has 4 aromatic carbocycles. The molecule has 0 spiro atoms. The summed E-state index contributed by atoms with van der Waals surface area (Å²) < 4.78 is 26.3. The van der Waals surface area contributed by atoms with Crippen LogP contribution in [0.5, 0.6) is 11.6 Å². The molecule has 0 saturated heterocycles. The van der Waals surface area contributed by atoms with E-state index in [0.717, 1.165) is 44.4 Å². The minimum atomic E-state index is -1.91. The fourth-order valence-electron chi connectivity index (χ4n) is 6.18. The molecule has 2 aromatic heterocycles. The van der Waals surface area contributed by atoms with Crippen LogP contribution in [-0.4, -0.2) is 24.3 Å². The summed E-state index contributed by atoms with van der Waals surface area (Å²) in [5.74, 6) is -0.222. The zero-order valence-electron chi connectivity index (χ0n) is 33.0. The monoisotopic (exact) mass is 852 g/mol. The third kappa shape index (κ3) is 10.1. The van der Waals surface area contributed by atoms with Crippen LogP contribution in [0.25, 0.3) is 10.9 Å². The number of esters is 1. The summed E-state index contributed by atoms with van der Waals surface area (Å²) in [4.78, 5) is 22.4. The molecule has 0 unspecified atom stereocenters. The molecule has 0 atom stereocenters. The Morgan fingerprint density at radius 2 is 1.38 bits per heavy atom. The molecule has 0 amide bonds. The summed E-state index contributed by atoms with van der Waals surface area (Å²) in [6.45, 7) is 14.5. The molecule has 0 aliphatic heterocycles. The number of hydrogen-bond acceptors (Lipinski definition) is 6. The molecule has 0 fully saturated rings. The number of rotatable bonds is 16. The highest BCUT2D eigenvalue weighted by atomic mass is 79.9. The normalized spacial score (nSPS) is 11.9. The first-order valence-corrected chi connectivity index (χ1v) is 23.1. The molecule has 10 heteroatoms. The maximum absolute atomic E-state index is 14.1. The van der Waals surface area contributed by atoms with Gasteiger partial charge in [0.2, 0.25) is 5.88 Å². The van der Waals surface area contributed by atoms with Gasteiger partial charge in [-0.15, -0.1) is 0 Å². The second kappa shape index (κ2) is 18.2. The third-order valence-corrected chi connectivity index (χ3v) is 16.1. The van der Waals surface area contributed by atoms with Crippen LogP contribution in [0.15, 0.2) is 108 Å². The predicted molar refractivity (Wildman–Crippen MR) is 231 cm³/mol. The van der Waals surface area contributed by atoms with Crippen LogP contribution in [0.3, 0.4) is 0 Å². The van der Waals surface area contributed by atoms with Crippen LogP contribution in [0, 0.1) is 6.92 Å². The van der Waals surface area contributed by atoms with Crippen molar-refractivity contribution in [1.82, 2.24) is 9.97 Å². The molecule has 0 aliphatic carbocycles. The van der Waals surface area contributed by atoms with E-state index in [2.05, 4.69) is 78.8 Å². The Kier molecular flexibility index (Phi) is 13.4. The molecule has 0 aliphatic rings. The van der Waals surface area contributed by atoms with Crippen molar-refractivity contribution in [2.24, 2.45) is 0 Å². The quantitative estimate of drug-likeness (QED) is 0.0593. The van der Waals surface area contributed by atoms with Crippen molar-refractivity contribution in [2.75, 3.05) is 0 Å². The summed E-state index contributed by atoms with van der Waals surface area (Å²) in [6.07, 6.45) is 1.95. The molecule has 6 aromatic rings. The summed E-state index contributed by atoms with van der Waals surface area (Å²) in [7, 11) is -1.91. The number of H-pyrrole nitrogens is 1. The van der Waals surface area contributed by atoms with Crippen LogP contribution in [0.1, 0.15) is 76.6 Å². The Balaban J connectivity index is 1.30. The highest BCUT2D eigenvalue weighted by Crippen LogP contribution is 2.40. The summed E-state index contributed by atoms with van der Waals surface area (Å²) in [5.41, 5.74) is 7.99. The lowest BCUT2D eigenvalue weighted by Crippen LogP contribution is -2.40. The zero-order valence-corrected chi connectivity index (χ0v) is 36.4. The van der Waals surface area contributed by atoms with E-state index >= 15 is 0 Å². The molecule has 0 radical (unpaired) electrons. The Hall–Kier alpha value is -4.41. The van der Waals surface area contributed by atoms with Crippen LogP contribution in [-0.2, 0) is 48.4 Å². The number of hydrogen-bond donors (Lipinski definition) is 1. The molecule has 0 bridgehead atoms. The van der Waals surface area contributed by atoms with Gasteiger partial charge in [0.25, 0.3) is 0 Å². The van der Waals surface area contributed by atoms with E-state index in [4.69, 9.17) is 30.2 Å². The number of carbonyl (C=O) groups is 1. The van der Waals surface area contributed by atoms with Gasteiger partial charge in [-0.25, -0.2) is 9.78 Å². The van der Waals surface area contributed by atoms with Gasteiger partial charge >= 0.3 is 5.97 Å². The van der Waals surface area contributed by atoms with Gasteiger partial charge in [-0.05, 0) is 84.3 Å². The van der Waals surface area contributed by atoms with Crippen molar-refractivity contribution < 1.29 is 23.4 Å². The largest absolute Gasteiger partial charge is 0.487 e. The van der Waals surface area contributed by atoms with Gasteiger partial charge in [-0.1, -0.05) is 139 Å². The lowest BCUT2D eigenvalue weighted by molar-refractivity contribution is 0.0460. The van der Waals surface area contributed by atoms with Gasteiger partial charge in [0, 0.05) is 26.6 Å². The van der Waals surface area contributed by atoms with Crippen molar-refractivity contribution in [3.8, 4) is 11.6 Å². The molecule has 56 heavy (non-hydrogen) atoms. The van der Waals surface area contributed by atoms with Crippen molar-refractivity contribution in [2.45, 2.75) is 91.5 Å². The minimum Gasteiger partial charge on any atom is -0.487 e. The second-order valence-electron chi connectivity index (χ2n) is 15.6. The van der Waals surface area contributed by atoms with E-state index in [1.807, 2.05) is 91.0 Å². The first-order valence-electron chi connectivity index (χ1n) is 19.0. The average Bonchev–Trinajstić information content (AvgIpc) is 3.49. The SMILES string of the molecule is Cc1c(CO[Si](C)(C)C(C)(C)C)[nH]c2cc(Br)c(CCCc3c(Cl)nc(OCc4ccccc4)c(C(=O)OCc4ccccc4)c3OCc3ccccc3)cc12. The van der Waals surface area contributed by atoms with Gasteiger partial charge in [0.1, 0.15) is 30.7 Å².